The third kappa shape index (κ3) is 10.8. The highest BCUT2D eigenvalue weighted by Crippen LogP contribution is 2.29. The number of ketones is 3. The first-order valence-corrected chi connectivity index (χ1v) is 17.8. The number of carbonyl (C=O) groups is 4. The largest absolute Gasteiger partial charge is 0.298 e. The minimum Gasteiger partial charge on any atom is -0.298 e. The lowest BCUT2D eigenvalue weighted by atomic mass is 9.84. The minimum absolute atomic E-state index is 0.0273. The molecule has 4 nitrogen and oxygen atoms in total. The van der Waals surface area contributed by atoms with Crippen molar-refractivity contribution in [2.24, 2.45) is 11.8 Å². The molecule has 48 heavy (non-hydrogen) atoms. The second-order valence-electron chi connectivity index (χ2n) is 13.1. The van der Waals surface area contributed by atoms with Crippen LogP contribution in [0.1, 0.15) is 143 Å². The van der Waals surface area contributed by atoms with Crippen molar-refractivity contribution in [1.82, 2.24) is 0 Å². The van der Waals surface area contributed by atoms with Crippen molar-refractivity contribution in [2.75, 3.05) is 0 Å². The van der Waals surface area contributed by atoms with Crippen molar-refractivity contribution in [3.05, 3.63) is 142 Å². The van der Waals surface area contributed by atoms with Gasteiger partial charge < -0.3 is 0 Å². The predicted molar refractivity (Wildman–Crippen MR) is 195 cm³/mol. The lowest BCUT2D eigenvalue weighted by Crippen LogP contribution is -2.11. The van der Waals surface area contributed by atoms with E-state index in [-0.39, 0.29) is 17.3 Å². The summed E-state index contributed by atoms with van der Waals surface area (Å²) in [5.41, 5.74) is 4.75. The summed E-state index contributed by atoms with van der Waals surface area (Å²) in [6.45, 7) is 4.44. The van der Waals surface area contributed by atoms with E-state index in [1.165, 1.54) is 19.3 Å². The number of aldehydes is 1. The van der Waals surface area contributed by atoms with E-state index in [0.29, 0.717) is 51.6 Å². The predicted octanol–water partition coefficient (Wildman–Crippen LogP) is 10.9. The molecule has 0 heterocycles. The Kier molecular flexibility index (Phi) is 14.7. The number of Topliss-reactive ketones (excluding diaryl/α,β-unsaturated/α-hetero) is 1. The molecule has 0 amide bonds. The van der Waals surface area contributed by atoms with Crippen LogP contribution in [0, 0.1) is 11.8 Å². The topological polar surface area (TPSA) is 68.3 Å². The third-order valence-corrected chi connectivity index (χ3v) is 9.57. The summed E-state index contributed by atoms with van der Waals surface area (Å²) in [7, 11) is 0. The fourth-order valence-electron chi connectivity index (χ4n) is 6.67. The molecule has 0 saturated heterocycles. The van der Waals surface area contributed by atoms with Crippen molar-refractivity contribution in [1.29, 1.82) is 0 Å². The summed E-state index contributed by atoms with van der Waals surface area (Å²) in [6, 6.07) is 31.0. The van der Waals surface area contributed by atoms with Crippen LogP contribution in [0.4, 0.5) is 0 Å². The van der Waals surface area contributed by atoms with E-state index in [2.05, 4.69) is 13.8 Å². The molecule has 0 bridgehead atoms. The van der Waals surface area contributed by atoms with E-state index < -0.39 is 0 Å². The van der Waals surface area contributed by atoms with Crippen molar-refractivity contribution >= 4 is 23.6 Å². The average Bonchev–Trinajstić information content (AvgIpc) is 3.14. The molecule has 0 spiro atoms. The van der Waals surface area contributed by atoms with Crippen LogP contribution in [0.15, 0.2) is 103 Å². The zero-order chi connectivity index (χ0) is 34.1. The van der Waals surface area contributed by atoms with Gasteiger partial charge in [-0.15, -0.1) is 0 Å². The van der Waals surface area contributed by atoms with E-state index in [4.69, 9.17) is 0 Å². The second kappa shape index (κ2) is 19.4. The molecular weight excluding hydrogens is 592 g/mol. The molecule has 0 aliphatic rings. The quantitative estimate of drug-likeness (QED) is 0.0515. The van der Waals surface area contributed by atoms with Gasteiger partial charge in [-0.25, -0.2) is 0 Å². The summed E-state index contributed by atoms with van der Waals surface area (Å²) >= 11 is 0. The standard InChI is InChI=1S/C44H50O4/c1-3-5-8-14-34(22-30-42(46)35-24-26-38(27-25-35)43(47)36-15-9-6-10-16-36)20-19-33(13-4-2)21-23-39-31-40(28-29-41(39)32-45)44(48)37-17-11-7-12-18-37/h6-7,9-12,15-18,24-29,31-34H,3-5,8,13-14,19-23,30H2,1-2H3. The molecule has 250 valence electrons. The summed E-state index contributed by atoms with van der Waals surface area (Å²) in [6.07, 6.45) is 13.1. The van der Waals surface area contributed by atoms with Gasteiger partial charge in [0, 0.05) is 39.8 Å². The Hall–Kier alpha value is -4.44. The van der Waals surface area contributed by atoms with Gasteiger partial charge in [-0.1, -0.05) is 162 Å². The Morgan fingerprint density at radius 3 is 1.67 bits per heavy atom. The Labute approximate surface area is 287 Å². The maximum absolute atomic E-state index is 13.2. The Morgan fingerprint density at radius 2 is 1.08 bits per heavy atom. The summed E-state index contributed by atoms with van der Waals surface area (Å²) in [5.74, 6) is 1.06. The highest BCUT2D eigenvalue weighted by molar-refractivity contribution is 6.10. The lowest BCUT2D eigenvalue weighted by Gasteiger charge is -2.22. The first-order chi connectivity index (χ1) is 23.4. The van der Waals surface area contributed by atoms with Crippen LogP contribution in [0.2, 0.25) is 0 Å². The molecular formula is C44H50O4. The average molecular weight is 643 g/mol. The zero-order valence-electron chi connectivity index (χ0n) is 28.7. The van der Waals surface area contributed by atoms with Gasteiger partial charge in [0.2, 0.25) is 0 Å². The van der Waals surface area contributed by atoms with Gasteiger partial charge >= 0.3 is 0 Å². The van der Waals surface area contributed by atoms with Crippen LogP contribution in [0.3, 0.4) is 0 Å². The molecule has 0 aliphatic carbocycles. The molecule has 4 rings (SSSR count). The normalized spacial score (nSPS) is 12.3. The third-order valence-electron chi connectivity index (χ3n) is 9.57. The number of benzene rings is 4. The monoisotopic (exact) mass is 642 g/mol. The number of carbonyl (C=O) groups excluding carboxylic acids is 4. The summed E-state index contributed by atoms with van der Waals surface area (Å²) in [5, 5.41) is 0. The van der Waals surface area contributed by atoms with E-state index in [9.17, 15) is 19.2 Å². The van der Waals surface area contributed by atoms with Crippen molar-refractivity contribution in [3.8, 4) is 0 Å². The maximum Gasteiger partial charge on any atom is 0.193 e. The van der Waals surface area contributed by atoms with E-state index in [0.717, 1.165) is 63.2 Å². The molecule has 4 heteroatoms. The first-order valence-electron chi connectivity index (χ1n) is 17.8. The molecule has 0 fully saturated rings. The van der Waals surface area contributed by atoms with Gasteiger partial charge in [0.1, 0.15) is 6.29 Å². The van der Waals surface area contributed by atoms with Crippen LogP contribution in [0.25, 0.3) is 0 Å². The highest BCUT2D eigenvalue weighted by atomic mass is 16.1. The number of unbranched alkanes of at least 4 members (excludes halogenated alkanes) is 2. The van der Waals surface area contributed by atoms with Crippen molar-refractivity contribution in [2.45, 2.75) is 90.9 Å². The molecule has 2 unspecified atom stereocenters. The molecule has 0 N–H and O–H groups in total. The Morgan fingerprint density at radius 1 is 0.542 bits per heavy atom. The highest BCUT2D eigenvalue weighted by Gasteiger charge is 2.18. The van der Waals surface area contributed by atoms with E-state index in [1.54, 1.807) is 48.5 Å². The lowest BCUT2D eigenvalue weighted by molar-refractivity contribution is 0.0968. The van der Waals surface area contributed by atoms with Crippen LogP contribution in [-0.4, -0.2) is 23.6 Å². The van der Waals surface area contributed by atoms with Gasteiger partial charge in [-0.3, -0.25) is 19.2 Å². The first kappa shape index (κ1) is 36.4. The maximum atomic E-state index is 13.2. The van der Waals surface area contributed by atoms with Crippen LogP contribution < -0.4 is 0 Å². The molecule has 4 aromatic rings. The summed E-state index contributed by atoms with van der Waals surface area (Å²) < 4.78 is 0. The molecule has 0 radical (unpaired) electrons. The molecule has 0 saturated carbocycles. The van der Waals surface area contributed by atoms with E-state index >= 15 is 0 Å². The minimum atomic E-state index is -0.0389. The Balaban J connectivity index is 1.35. The fourth-order valence-corrected chi connectivity index (χ4v) is 6.67. The number of hydrogen-bond donors (Lipinski definition) is 0. The van der Waals surface area contributed by atoms with Crippen LogP contribution in [-0.2, 0) is 6.42 Å². The SMILES string of the molecule is CCCCCC(CCC(=O)c1ccc(C(=O)c2ccccc2)cc1)CCC(CCC)CCc1cc(C(=O)c2ccccc2)ccc1C=O. The van der Waals surface area contributed by atoms with Gasteiger partial charge in [0.05, 0.1) is 0 Å². The Bertz CT molecular complexity index is 1610. The smallest absolute Gasteiger partial charge is 0.193 e. The molecule has 2 atom stereocenters. The number of hydrogen-bond acceptors (Lipinski definition) is 4. The zero-order valence-corrected chi connectivity index (χ0v) is 28.7. The number of aryl methyl sites for hydroxylation is 1. The molecule has 0 aromatic heterocycles. The summed E-state index contributed by atoms with van der Waals surface area (Å²) in [4.78, 5) is 51.0. The van der Waals surface area contributed by atoms with Gasteiger partial charge in [0.15, 0.2) is 17.3 Å². The number of rotatable bonds is 21. The van der Waals surface area contributed by atoms with Crippen molar-refractivity contribution in [3.63, 3.8) is 0 Å². The van der Waals surface area contributed by atoms with Gasteiger partial charge in [0.25, 0.3) is 0 Å². The second-order valence-corrected chi connectivity index (χ2v) is 13.1. The van der Waals surface area contributed by atoms with Crippen LogP contribution >= 0.6 is 0 Å². The molecule has 4 aromatic carbocycles. The molecule has 0 aliphatic heterocycles. The van der Waals surface area contributed by atoms with Crippen LogP contribution in [0.5, 0.6) is 0 Å². The van der Waals surface area contributed by atoms with Gasteiger partial charge in [-0.2, -0.15) is 0 Å². The van der Waals surface area contributed by atoms with Gasteiger partial charge in [-0.05, 0) is 42.7 Å². The fraction of sp³-hybridized carbons (Fsp3) is 0.364. The van der Waals surface area contributed by atoms with Crippen molar-refractivity contribution < 1.29 is 19.2 Å². The van der Waals surface area contributed by atoms with E-state index in [1.807, 2.05) is 54.6 Å².